The molecule has 1 aliphatic heterocycles. The molecule has 0 amide bonds. The second kappa shape index (κ2) is 6.91. The highest BCUT2D eigenvalue weighted by Crippen LogP contribution is 2.22. The number of nitrogens with zero attached hydrogens (tertiary/aromatic N) is 3. The van der Waals surface area contributed by atoms with Crippen molar-refractivity contribution in [1.29, 1.82) is 0 Å². The number of aromatic nitrogens is 2. The van der Waals surface area contributed by atoms with Crippen molar-refractivity contribution >= 4 is 11.5 Å². The van der Waals surface area contributed by atoms with Crippen molar-refractivity contribution in [2.24, 2.45) is 0 Å². The molecule has 3 rings (SSSR count). The molecule has 0 atom stereocenters. The predicted molar refractivity (Wildman–Crippen MR) is 84.8 cm³/mol. The molecule has 0 radical (unpaired) electrons. The van der Waals surface area contributed by atoms with Gasteiger partial charge in [-0.15, -0.1) is 0 Å². The number of hydrogen-bond acceptors (Lipinski definition) is 4. The minimum absolute atomic E-state index is 0.787. The van der Waals surface area contributed by atoms with Crippen LogP contribution in [-0.2, 0) is 11.3 Å². The topological polar surface area (TPSA) is 41.8 Å². The van der Waals surface area contributed by atoms with Crippen molar-refractivity contribution < 1.29 is 4.74 Å². The minimum Gasteiger partial charge on any atom is -0.380 e. The molecule has 0 bridgehead atoms. The number of anilines is 1. The van der Waals surface area contributed by atoms with E-state index in [1.165, 1.54) is 5.69 Å². The van der Waals surface area contributed by atoms with Gasteiger partial charge in [0, 0.05) is 32.4 Å². The van der Waals surface area contributed by atoms with Crippen LogP contribution in [0.3, 0.4) is 0 Å². The van der Waals surface area contributed by atoms with Crippen LogP contribution in [-0.4, -0.2) is 42.2 Å². The Hall–Kier alpha value is -1.59. The normalized spacial score (nSPS) is 16.3. The largest absolute Gasteiger partial charge is 0.380 e. The van der Waals surface area contributed by atoms with Crippen molar-refractivity contribution in [1.82, 2.24) is 14.7 Å². The summed E-state index contributed by atoms with van der Waals surface area (Å²) in [6, 6.07) is 6.18. The van der Waals surface area contributed by atoms with Gasteiger partial charge < -0.3 is 19.4 Å². The fraction of sp³-hybridized carbons (Fsp3) is 0.562. The lowest BCUT2D eigenvalue weighted by Crippen LogP contribution is -2.28. The zero-order chi connectivity index (χ0) is 14.5. The van der Waals surface area contributed by atoms with Crippen LogP contribution in [0.4, 0.5) is 5.82 Å². The zero-order valence-electron chi connectivity index (χ0n) is 12.7. The van der Waals surface area contributed by atoms with E-state index in [-0.39, 0.29) is 0 Å². The summed E-state index contributed by atoms with van der Waals surface area (Å²) in [6.45, 7) is 7.65. The zero-order valence-corrected chi connectivity index (χ0v) is 12.7. The number of ether oxygens (including phenoxy) is 1. The minimum atomic E-state index is 0.787. The van der Waals surface area contributed by atoms with E-state index in [1.807, 2.05) is 6.07 Å². The first-order valence-corrected chi connectivity index (χ1v) is 7.89. The van der Waals surface area contributed by atoms with Crippen molar-refractivity contribution in [3.63, 3.8) is 0 Å². The van der Waals surface area contributed by atoms with E-state index >= 15 is 0 Å². The fourth-order valence-electron chi connectivity index (χ4n) is 2.79. The Bertz CT molecular complexity index is 573. The number of hydrogen-bond donors (Lipinski definition) is 1. The van der Waals surface area contributed by atoms with Gasteiger partial charge in [-0.3, -0.25) is 0 Å². The van der Waals surface area contributed by atoms with Crippen LogP contribution in [0.2, 0.25) is 0 Å². The second-order valence-electron chi connectivity index (χ2n) is 5.44. The first kappa shape index (κ1) is 14.4. The van der Waals surface area contributed by atoms with Gasteiger partial charge in [0.15, 0.2) is 5.82 Å². The molecule has 0 unspecified atom stereocenters. The van der Waals surface area contributed by atoms with Crippen LogP contribution in [0.15, 0.2) is 24.4 Å². The Morgan fingerprint density at radius 3 is 3.14 bits per heavy atom. The molecule has 5 heteroatoms. The first-order chi connectivity index (χ1) is 10.4. The second-order valence-corrected chi connectivity index (χ2v) is 5.44. The summed E-state index contributed by atoms with van der Waals surface area (Å²) < 4.78 is 7.76. The monoisotopic (exact) mass is 288 g/mol. The lowest BCUT2D eigenvalue weighted by Gasteiger charge is -2.21. The van der Waals surface area contributed by atoms with Crippen LogP contribution in [0.1, 0.15) is 25.5 Å². The van der Waals surface area contributed by atoms with E-state index in [0.29, 0.717) is 0 Å². The summed E-state index contributed by atoms with van der Waals surface area (Å²) in [6.07, 6.45) is 4.31. The maximum Gasteiger partial charge on any atom is 0.152 e. The smallest absolute Gasteiger partial charge is 0.152 e. The Morgan fingerprint density at radius 1 is 1.29 bits per heavy atom. The molecule has 114 valence electrons. The van der Waals surface area contributed by atoms with Crippen LogP contribution in [0, 0.1) is 0 Å². The molecule has 1 N–H and O–H groups in total. The Morgan fingerprint density at radius 2 is 2.24 bits per heavy atom. The maximum atomic E-state index is 5.57. The lowest BCUT2D eigenvalue weighted by atomic mass is 10.3. The summed E-state index contributed by atoms with van der Waals surface area (Å²) in [5, 5.41) is 3.51. The SMILES string of the molecule is CCCNCc1c(N2CCCOCC2)nc2ccccn12. The predicted octanol–water partition coefficient (Wildman–Crippen LogP) is 2.06. The Labute approximate surface area is 125 Å². The van der Waals surface area contributed by atoms with Crippen molar-refractivity contribution in [3.05, 3.63) is 30.1 Å². The van der Waals surface area contributed by atoms with E-state index in [4.69, 9.17) is 9.72 Å². The van der Waals surface area contributed by atoms with E-state index in [0.717, 1.165) is 63.7 Å². The maximum absolute atomic E-state index is 5.57. The third kappa shape index (κ3) is 3.19. The third-order valence-corrected chi connectivity index (χ3v) is 3.85. The molecule has 3 heterocycles. The lowest BCUT2D eigenvalue weighted by molar-refractivity contribution is 0.152. The summed E-state index contributed by atoms with van der Waals surface area (Å²) in [4.78, 5) is 7.21. The van der Waals surface area contributed by atoms with E-state index in [1.54, 1.807) is 0 Å². The molecule has 2 aromatic heterocycles. The molecular formula is C16H24N4O. The molecule has 1 saturated heterocycles. The third-order valence-electron chi connectivity index (χ3n) is 3.85. The van der Waals surface area contributed by atoms with Gasteiger partial charge in [-0.2, -0.15) is 0 Å². The van der Waals surface area contributed by atoms with E-state index in [9.17, 15) is 0 Å². The highest BCUT2D eigenvalue weighted by molar-refractivity contribution is 5.56. The van der Waals surface area contributed by atoms with Crippen molar-refractivity contribution in [3.8, 4) is 0 Å². The van der Waals surface area contributed by atoms with Crippen LogP contribution in [0.5, 0.6) is 0 Å². The van der Waals surface area contributed by atoms with Crippen molar-refractivity contribution in [2.75, 3.05) is 37.7 Å². The highest BCUT2D eigenvalue weighted by Gasteiger charge is 2.19. The van der Waals surface area contributed by atoms with Crippen molar-refractivity contribution in [2.45, 2.75) is 26.3 Å². The van der Waals surface area contributed by atoms with Gasteiger partial charge in [-0.1, -0.05) is 13.0 Å². The van der Waals surface area contributed by atoms with E-state index in [2.05, 4.69) is 39.9 Å². The Balaban J connectivity index is 1.92. The van der Waals surface area contributed by atoms with Gasteiger partial charge in [-0.05, 0) is 31.5 Å². The van der Waals surface area contributed by atoms with Gasteiger partial charge in [0.25, 0.3) is 0 Å². The molecule has 0 aliphatic carbocycles. The molecule has 1 aliphatic rings. The van der Waals surface area contributed by atoms with Crippen LogP contribution >= 0.6 is 0 Å². The summed E-state index contributed by atoms with van der Waals surface area (Å²) in [5.74, 6) is 1.11. The standard InChI is InChI=1S/C16H24N4O/c1-2-7-17-13-14-16(19-8-5-11-21-12-10-19)18-15-6-3-4-9-20(14)15/h3-4,6,9,17H,2,5,7-8,10-13H2,1H3. The average molecular weight is 288 g/mol. The number of rotatable bonds is 5. The molecule has 0 aromatic carbocycles. The van der Waals surface area contributed by atoms with Gasteiger partial charge in [0.1, 0.15) is 5.65 Å². The number of imidazole rings is 1. The molecule has 1 fully saturated rings. The van der Waals surface area contributed by atoms with Crippen LogP contribution < -0.4 is 10.2 Å². The summed E-state index contributed by atoms with van der Waals surface area (Å²) >= 11 is 0. The van der Waals surface area contributed by atoms with Gasteiger partial charge in [0.05, 0.1) is 12.3 Å². The number of pyridine rings is 1. The molecule has 0 spiro atoms. The molecule has 2 aromatic rings. The first-order valence-electron chi connectivity index (χ1n) is 7.89. The summed E-state index contributed by atoms with van der Waals surface area (Å²) in [7, 11) is 0. The molecule has 0 saturated carbocycles. The average Bonchev–Trinajstić information content (AvgIpc) is 2.70. The van der Waals surface area contributed by atoms with Gasteiger partial charge in [-0.25, -0.2) is 4.98 Å². The molecular weight excluding hydrogens is 264 g/mol. The Kier molecular flexibility index (Phi) is 4.72. The molecule has 5 nitrogen and oxygen atoms in total. The number of fused-ring (bicyclic) bond motifs is 1. The van der Waals surface area contributed by atoms with Gasteiger partial charge in [0.2, 0.25) is 0 Å². The highest BCUT2D eigenvalue weighted by atomic mass is 16.5. The van der Waals surface area contributed by atoms with Gasteiger partial charge >= 0.3 is 0 Å². The summed E-state index contributed by atoms with van der Waals surface area (Å²) in [5.41, 5.74) is 2.27. The number of nitrogens with one attached hydrogen (secondary N) is 1. The molecule has 21 heavy (non-hydrogen) atoms. The van der Waals surface area contributed by atoms with E-state index < -0.39 is 0 Å². The quantitative estimate of drug-likeness (QED) is 0.855. The fourth-order valence-corrected chi connectivity index (χ4v) is 2.79. The van der Waals surface area contributed by atoms with Crippen LogP contribution in [0.25, 0.3) is 5.65 Å².